The lowest BCUT2D eigenvalue weighted by Gasteiger charge is -2.27. The minimum atomic E-state index is -0.176. The lowest BCUT2D eigenvalue weighted by molar-refractivity contribution is 0.210. The summed E-state index contributed by atoms with van der Waals surface area (Å²) in [7, 11) is 0. The number of aromatic nitrogens is 2. The summed E-state index contributed by atoms with van der Waals surface area (Å²) in [6.07, 6.45) is 0.822. The second-order valence-corrected chi connectivity index (χ2v) is 6.33. The van der Waals surface area contributed by atoms with E-state index in [9.17, 15) is 4.39 Å². The van der Waals surface area contributed by atoms with Gasteiger partial charge < -0.3 is 4.52 Å². The van der Waals surface area contributed by atoms with E-state index in [2.05, 4.69) is 15.0 Å². The number of nitrogens with zero attached hydrogens (tertiary/aromatic N) is 3. The summed E-state index contributed by atoms with van der Waals surface area (Å²) < 4.78 is 18.6. The molecule has 0 amide bonds. The number of rotatable bonds is 3. The Kier molecular flexibility index (Phi) is 4.04. The number of hydrogen-bond donors (Lipinski definition) is 0. The Morgan fingerprint density at radius 2 is 2.08 bits per heavy atom. The van der Waals surface area contributed by atoms with Gasteiger partial charge in [-0.25, -0.2) is 4.39 Å². The number of halogens is 2. The largest absolute Gasteiger partial charge is 0.338 e. The van der Waals surface area contributed by atoms with Gasteiger partial charge in [0, 0.05) is 23.7 Å². The van der Waals surface area contributed by atoms with Gasteiger partial charge in [0.1, 0.15) is 5.82 Å². The van der Waals surface area contributed by atoms with E-state index in [0.29, 0.717) is 23.3 Å². The zero-order chi connectivity index (χ0) is 16.5. The molecule has 0 aliphatic carbocycles. The fraction of sp³-hybridized carbons (Fsp3) is 0.222. The molecule has 4 rings (SSSR count). The van der Waals surface area contributed by atoms with Crippen LogP contribution in [0.5, 0.6) is 0 Å². The Bertz CT molecular complexity index is 880. The van der Waals surface area contributed by atoms with Crippen molar-refractivity contribution in [3.63, 3.8) is 0 Å². The normalized spacial score (nSPS) is 14.6. The predicted octanol–water partition coefficient (Wildman–Crippen LogP) is 4.09. The van der Waals surface area contributed by atoms with Crippen LogP contribution in [0, 0.1) is 5.82 Å². The summed E-state index contributed by atoms with van der Waals surface area (Å²) >= 11 is 6.00. The summed E-state index contributed by atoms with van der Waals surface area (Å²) in [4.78, 5) is 6.67. The van der Waals surface area contributed by atoms with Crippen LogP contribution in [0.1, 0.15) is 17.0 Å². The lowest BCUT2D eigenvalue weighted by Crippen LogP contribution is -2.30. The highest BCUT2D eigenvalue weighted by Gasteiger charge is 2.19. The summed E-state index contributed by atoms with van der Waals surface area (Å²) in [5, 5.41) is 4.67. The average molecular weight is 344 g/mol. The smallest absolute Gasteiger partial charge is 0.241 e. The van der Waals surface area contributed by atoms with Crippen LogP contribution in [0.15, 0.2) is 47.0 Å². The quantitative estimate of drug-likeness (QED) is 0.718. The molecule has 6 heteroatoms. The summed E-state index contributed by atoms with van der Waals surface area (Å²) in [5.74, 6) is 0.924. The van der Waals surface area contributed by atoms with Crippen molar-refractivity contribution in [3.8, 4) is 11.4 Å². The van der Waals surface area contributed by atoms with E-state index in [1.807, 2.05) is 24.3 Å². The van der Waals surface area contributed by atoms with Crippen LogP contribution in [-0.4, -0.2) is 21.6 Å². The molecule has 1 aromatic heterocycles. The SMILES string of the molecule is Fc1ccc2c(c1)CCN(Cc1nc(-c3cccc(Cl)c3)no1)C2. The average Bonchev–Trinajstić information content (AvgIpc) is 3.03. The van der Waals surface area contributed by atoms with E-state index in [0.717, 1.165) is 36.2 Å². The van der Waals surface area contributed by atoms with Crippen LogP contribution in [0.4, 0.5) is 4.39 Å². The molecule has 0 bridgehead atoms. The first-order chi connectivity index (χ1) is 11.7. The van der Waals surface area contributed by atoms with E-state index in [4.69, 9.17) is 16.1 Å². The van der Waals surface area contributed by atoms with Crippen molar-refractivity contribution in [3.05, 3.63) is 70.3 Å². The highest BCUT2D eigenvalue weighted by Crippen LogP contribution is 2.23. The van der Waals surface area contributed by atoms with E-state index >= 15 is 0 Å². The van der Waals surface area contributed by atoms with Gasteiger partial charge in [-0.15, -0.1) is 0 Å². The molecule has 3 aromatic rings. The molecule has 0 saturated carbocycles. The van der Waals surface area contributed by atoms with Gasteiger partial charge in [-0.3, -0.25) is 4.90 Å². The Hall–Kier alpha value is -2.24. The third-order valence-electron chi connectivity index (χ3n) is 4.17. The van der Waals surface area contributed by atoms with Gasteiger partial charge >= 0.3 is 0 Å². The molecule has 0 atom stereocenters. The molecule has 4 nitrogen and oxygen atoms in total. The minimum absolute atomic E-state index is 0.176. The zero-order valence-electron chi connectivity index (χ0n) is 12.9. The molecule has 0 saturated heterocycles. The van der Waals surface area contributed by atoms with Gasteiger partial charge in [0.15, 0.2) is 0 Å². The zero-order valence-corrected chi connectivity index (χ0v) is 13.6. The maximum Gasteiger partial charge on any atom is 0.241 e. The van der Waals surface area contributed by atoms with Crippen molar-refractivity contribution in [2.75, 3.05) is 6.54 Å². The summed E-state index contributed by atoms with van der Waals surface area (Å²) in [6, 6.07) is 12.3. The van der Waals surface area contributed by atoms with Crippen LogP contribution in [0.25, 0.3) is 11.4 Å². The van der Waals surface area contributed by atoms with Crippen LogP contribution in [-0.2, 0) is 19.5 Å². The standard InChI is InChI=1S/C18H15ClFN3O/c19-15-3-1-2-13(8-15)18-21-17(24-22-18)11-23-7-6-12-9-16(20)5-4-14(12)10-23/h1-5,8-9H,6-7,10-11H2. The van der Waals surface area contributed by atoms with Gasteiger partial charge in [-0.05, 0) is 41.8 Å². The van der Waals surface area contributed by atoms with E-state index < -0.39 is 0 Å². The first kappa shape index (κ1) is 15.3. The van der Waals surface area contributed by atoms with Crippen LogP contribution in [0.2, 0.25) is 5.02 Å². The van der Waals surface area contributed by atoms with Crippen molar-refractivity contribution in [1.82, 2.24) is 15.0 Å². The first-order valence-electron chi connectivity index (χ1n) is 7.75. The molecule has 0 N–H and O–H groups in total. The van der Waals surface area contributed by atoms with Crippen LogP contribution < -0.4 is 0 Å². The molecule has 1 aliphatic rings. The fourth-order valence-corrected chi connectivity index (χ4v) is 3.16. The predicted molar refractivity (Wildman–Crippen MR) is 89.0 cm³/mol. The van der Waals surface area contributed by atoms with E-state index in [1.54, 1.807) is 12.1 Å². The Morgan fingerprint density at radius 3 is 2.96 bits per heavy atom. The van der Waals surface area contributed by atoms with Gasteiger partial charge in [0.05, 0.1) is 6.54 Å². The highest BCUT2D eigenvalue weighted by atomic mass is 35.5. The van der Waals surface area contributed by atoms with Crippen molar-refractivity contribution >= 4 is 11.6 Å². The van der Waals surface area contributed by atoms with E-state index in [-0.39, 0.29) is 5.82 Å². The Balaban J connectivity index is 1.48. The van der Waals surface area contributed by atoms with Crippen LogP contribution >= 0.6 is 11.6 Å². The second kappa shape index (κ2) is 6.34. The molecule has 24 heavy (non-hydrogen) atoms. The number of hydrogen-bond acceptors (Lipinski definition) is 4. The summed E-state index contributed by atoms with van der Waals surface area (Å²) in [6.45, 7) is 2.17. The summed E-state index contributed by atoms with van der Waals surface area (Å²) in [5.41, 5.74) is 3.06. The monoisotopic (exact) mass is 343 g/mol. The molecule has 0 spiro atoms. The van der Waals surface area contributed by atoms with E-state index in [1.165, 1.54) is 6.07 Å². The van der Waals surface area contributed by atoms with Gasteiger partial charge in [-0.1, -0.05) is 35.0 Å². The molecule has 1 aliphatic heterocycles. The second-order valence-electron chi connectivity index (χ2n) is 5.90. The van der Waals surface area contributed by atoms with Gasteiger partial charge in [-0.2, -0.15) is 4.98 Å². The van der Waals surface area contributed by atoms with Gasteiger partial charge in [0.2, 0.25) is 11.7 Å². The Labute approximate surface area is 143 Å². The van der Waals surface area contributed by atoms with Crippen molar-refractivity contribution in [2.45, 2.75) is 19.5 Å². The number of benzene rings is 2. The fourth-order valence-electron chi connectivity index (χ4n) is 2.97. The third-order valence-corrected chi connectivity index (χ3v) is 4.40. The molecule has 0 fully saturated rings. The lowest BCUT2D eigenvalue weighted by atomic mass is 10.00. The highest BCUT2D eigenvalue weighted by molar-refractivity contribution is 6.30. The topological polar surface area (TPSA) is 42.2 Å². The molecular formula is C18H15ClFN3O. The minimum Gasteiger partial charge on any atom is -0.338 e. The van der Waals surface area contributed by atoms with Crippen molar-refractivity contribution in [1.29, 1.82) is 0 Å². The first-order valence-corrected chi connectivity index (χ1v) is 8.13. The molecule has 0 radical (unpaired) electrons. The molecule has 0 unspecified atom stereocenters. The molecule has 122 valence electrons. The maximum atomic E-state index is 13.3. The molecule has 2 heterocycles. The van der Waals surface area contributed by atoms with Crippen molar-refractivity contribution in [2.24, 2.45) is 0 Å². The molecule has 2 aromatic carbocycles. The van der Waals surface area contributed by atoms with Gasteiger partial charge in [0.25, 0.3) is 0 Å². The Morgan fingerprint density at radius 1 is 1.17 bits per heavy atom. The van der Waals surface area contributed by atoms with Crippen molar-refractivity contribution < 1.29 is 8.91 Å². The number of fused-ring (bicyclic) bond motifs is 1. The maximum absolute atomic E-state index is 13.3. The van der Waals surface area contributed by atoms with Crippen LogP contribution in [0.3, 0.4) is 0 Å². The molecular weight excluding hydrogens is 329 g/mol. The third kappa shape index (κ3) is 3.18.